The summed E-state index contributed by atoms with van der Waals surface area (Å²) in [7, 11) is 4.14. The summed E-state index contributed by atoms with van der Waals surface area (Å²) in [6, 6.07) is 10.00. The molecule has 1 saturated heterocycles. The molecule has 2 aromatic rings. The molecule has 3 rings (SSSR count). The van der Waals surface area contributed by atoms with Gasteiger partial charge >= 0.3 is 0 Å². The summed E-state index contributed by atoms with van der Waals surface area (Å²) >= 11 is 0. The highest BCUT2D eigenvalue weighted by molar-refractivity contribution is 6.06. The lowest BCUT2D eigenvalue weighted by Gasteiger charge is -2.37. The topological polar surface area (TPSA) is 36.4 Å². The molecule has 22 heavy (non-hydrogen) atoms. The molecule has 1 aliphatic heterocycles. The first-order valence-corrected chi connectivity index (χ1v) is 7.96. The molecule has 1 aliphatic rings. The van der Waals surface area contributed by atoms with E-state index in [1.54, 1.807) is 6.20 Å². The third-order valence-electron chi connectivity index (χ3n) is 4.34. The van der Waals surface area contributed by atoms with E-state index in [1.807, 2.05) is 30.3 Å². The Kier molecular flexibility index (Phi) is 4.39. The highest BCUT2D eigenvalue weighted by atomic mass is 16.2. The molecule has 0 saturated carbocycles. The number of fused-ring (bicyclic) bond motifs is 1. The second-order valence-corrected chi connectivity index (χ2v) is 6.29. The van der Waals surface area contributed by atoms with Gasteiger partial charge in [-0.1, -0.05) is 12.1 Å². The zero-order valence-electron chi connectivity index (χ0n) is 13.3. The SMILES string of the molecule is CN(C)CC1CCCCN1C(=O)c1cccc2ncccc12. The lowest BCUT2D eigenvalue weighted by Crippen LogP contribution is -2.48. The van der Waals surface area contributed by atoms with Gasteiger partial charge in [-0.3, -0.25) is 9.78 Å². The van der Waals surface area contributed by atoms with E-state index in [9.17, 15) is 4.79 Å². The molecule has 0 N–H and O–H groups in total. The van der Waals surface area contributed by atoms with Gasteiger partial charge in [-0.25, -0.2) is 0 Å². The van der Waals surface area contributed by atoms with E-state index in [-0.39, 0.29) is 5.91 Å². The van der Waals surface area contributed by atoms with Crippen molar-refractivity contribution in [3.8, 4) is 0 Å². The number of piperidine rings is 1. The number of amides is 1. The Bertz CT molecular complexity index is 663. The number of benzene rings is 1. The molecule has 1 atom stereocenters. The monoisotopic (exact) mass is 297 g/mol. The Balaban J connectivity index is 1.93. The number of hydrogen-bond donors (Lipinski definition) is 0. The lowest BCUT2D eigenvalue weighted by atomic mass is 9.99. The van der Waals surface area contributed by atoms with Crippen LogP contribution in [0.2, 0.25) is 0 Å². The van der Waals surface area contributed by atoms with Crippen LogP contribution in [-0.4, -0.2) is 53.9 Å². The van der Waals surface area contributed by atoms with Gasteiger partial charge in [0.2, 0.25) is 0 Å². The molecule has 0 bridgehead atoms. The van der Waals surface area contributed by atoms with Gasteiger partial charge in [0.25, 0.3) is 5.91 Å². The molecule has 0 spiro atoms. The van der Waals surface area contributed by atoms with Gasteiger partial charge in [0.15, 0.2) is 0 Å². The maximum Gasteiger partial charge on any atom is 0.254 e. The van der Waals surface area contributed by atoms with Crippen LogP contribution in [0.5, 0.6) is 0 Å². The molecular weight excluding hydrogens is 274 g/mol. The number of pyridine rings is 1. The van der Waals surface area contributed by atoms with Crippen molar-refractivity contribution in [2.24, 2.45) is 0 Å². The van der Waals surface area contributed by atoms with Crippen molar-refractivity contribution >= 4 is 16.8 Å². The summed E-state index contributed by atoms with van der Waals surface area (Å²) in [6.45, 7) is 1.78. The number of likely N-dealkylation sites (N-methyl/N-ethyl adjacent to an activating group) is 1. The second-order valence-electron chi connectivity index (χ2n) is 6.29. The van der Waals surface area contributed by atoms with E-state index in [0.29, 0.717) is 6.04 Å². The average molecular weight is 297 g/mol. The fourth-order valence-electron chi connectivity index (χ4n) is 3.32. The van der Waals surface area contributed by atoms with Gasteiger partial charge < -0.3 is 9.80 Å². The highest BCUT2D eigenvalue weighted by Crippen LogP contribution is 2.23. The third-order valence-corrected chi connectivity index (χ3v) is 4.34. The van der Waals surface area contributed by atoms with Crippen LogP contribution in [0.3, 0.4) is 0 Å². The zero-order valence-corrected chi connectivity index (χ0v) is 13.3. The largest absolute Gasteiger partial charge is 0.334 e. The van der Waals surface area contributed by atoms with Crippen molar-refractivity contribution < 1.29 is 4.79 Å². The van der Waals surface area contributed by atoms with E-state index in [1.165, 1.54) is 6.42 Å². The van der Waals surface area contributed by atoms with Gasteiger partial charge in [-0.2, -0.15) is 0 Å². The quantitative estimate of drug-likeness (QED) is 0.874. The average Bonchev–Trinajstić information content (AvgIpc) is 2.54. The minimum Gasteiger partial charge on any atom is -0.334 e. The van der Waals surface area contributed by atoms with Crippen LogP contribution >= 0.6 is 0 Å². The van der Waals surface area contributed by atoms with Crippen molar-refractivity contribution in [1.29, 1.82) is 0 Å². The van der Waals surface area contributed by atoms with Gasteiger partial charge in [0, 0.05) is 36.3 Å². The van der Waals surface area contributed by atoms with Crippen molar-refractivity contribution in [3.63, 3.8) is 0 Å². The van der Waals surface area contributed by atoms with Crippen LogP contribution in [0.1, 0.15) is 29.6 Å². The van der Waals surface area contributed by atoms with Crippen LogP contribution < -0.4 is 0 Å². The van der Waals surface area contributed by atoms with Crippen molar-refractivity contribution in [1.82, 2.24) is 14.8 Å². The molecule has 116 valence electrons. The van der Waals surface area contributed by atoms with Crippen LogP contribution in [-0.2, 0) is 0 Å². The Morgan fingerprint density at radius 2 is 2.14 bits per heavy atom. The summed E-state index contributed by atoms with van der Waals surface area (Å²) in [5, 5.41) is 0.948. The Labute approximate surface area is 131 Å². The van der Waals surface area contributed by atoms with E-state index in [4.69, 9.17) is 0 Å². The van der Waals surface area contributed by atoms with E-state index >= 15 is 0 Å². The Morgan fingerprint density at radius 3 is 2.95 bits per heavy atom. The number of nitrogens with zero attached hydrogens (tertiary/aromatic N) is 3. The fourth-order valence-corrected chi connectivity index (χ4v) is 3.32. The van der Waals surface area contributed by atoms with Gasteiger partial charge in [0.05, 0.1) is 5.52 Å². The first kappa shape index (κ1) is 15.0. The van der Waals surface area contributed by atoms with Crippen LogP contribution in [0, 0.1) is 0 Å². The molecule has 1 aromatic carbocycles. The number of hydrogen-bond acceptors (Lipinski definition) is 3. The predicted molar refractivity (Wildman–Crippen MR) is 89.0 cm³/mol. The number of carbonyl (C=O) groups excluding carboxylic acids is 1. The van der Waals surface area contributed by atoms with E-state index in [0.717, 1.165) is 42.4 Å². The Morgan fingerprint density at radius 1 is 1.27 bits per heavy atom. The first-order chi connectivity index (χ1) is 10.7. The van der Waals surface area contributed by atoms with Gasteiger partial charge in [0.1, 0.15) is 0 Å². The zero-order chi connectivity index (χ0) is 15.5. The van der Waals surface area contributed by atoms with E-state index in [2.05, 4.69) is 28.9 Å². The number of aromatic nitrogens is 1. The summed E-state index contributed by atoms with van der Waals surface area (Å²) in [6.07, 6.45) is 5.16. The molecule has 4 heteroatoms. The van der Waals surface area contributed by atoms with Gasteiger partial charge in [-0.15, -0.1) is 0 Å². The third kappa shape index (κ3) is 2.97. The van der Waals surface area contributed by atoms with E-state index < -0.39 is 0 Å². The highest BCUT2D eigenvalue weighted by Gasteiger charge is 2.28. The smallest absolute Gasteiger partial charge is 0.254 e. The molecular formula is C18H23N3O. The fraction of sp³-hybridized carbons (Fsp3) is 0.444. The summed E-state index contributed by atoms with van der Waals surface area (Å²) < 4.78 is 0. The number of rotatable bonds is 3. The van der Waals surface area contributed by atoms with Crippen LogP contribution in [0.15, 0.2) is 36.5 Å². The second kappa shape index (κ2) is 6.44. The molecule has 1 amide bonds. The maximum absolute atomic E-state index is 13.1. The number of carbonyl (C=O) groups is 1. The summed E-state index contributed by atoms with van der Waals surface area (Å²) in [5.74, 6) is 0.144. The van der Waals surface area contributed by atoms with Crippen molar-refractivity contribution in [2.75, 3.05) is 27.2 Å². The van der Waals surface area contributed by atoms with Crippen molar-refractivity contribution in [2.45, 2.75) is 25.3 Å². The van der Waals surface area contributed by atoms with Gasteiger partial charge in [-0.05, 0) is 51.6 Å². The molecule has 4 nitrogen and oxygen atoms in total. The predicted octanol–water partition coefficient (Wildman–Crippen LogP) is 2.79. The minimum atomic E-state index is 0.144. The normalized spacial score (nSPS) is 18.9. The minimum absolute atomic E-state index is 0.144. The Hall–Kier alpha value is -1.94. The van der Waals surface area contributed by atoms with Crippen molar-refractivity contribution in [3.05, 3.63) is 42.1 Å². The van der Waals surface area contributed by atoms with Crippen LogP contribution in [0.25, 0.3) is 10.9 Å². The molecule has 1 unspecified atom stereocenters. The molecule has 0 radical (unpaired) electrons. The molecule has 1 aromatic heterocycles. The molecule has 0 aliphatic carbocycles. The summed E-state index contributed by atoms with van der Waals surface area (Å²) in [5.41, 5.74) is 1.66. The standard InChI is InChI=1S/C18H23N3O/c1-20(2)13-14-7-3-4-12-21(14)18(22)16-8-5-10-17-15(16)9-6-11-19-17/h5-6,8-11,14H,3-4,7,12-13H2,1-2H3. The first-order valence-electron chi connectivity index (χ1n) is 7.96. The number of likely N-dealkylation sites (tertiary alicyclic amines) is 1. The lowest BCUT2D eigenvalue weighted by molar-refractivity contribution is 0.0577. The maximum atomic E-state index is 13.1. The van der Waals surface area contributed by atoms with Crippen LogP contribution in [0.4, 0.5) is 0 Å². The summed E-state index contributed by atoms with van der Waals surface area (Å²) in [4.78, 5) is 21.7. The molecule has 2 heterocycles. The molecule has 1 fully saturated rings.